The summed E-state index contributed by atoms with van der Waals surface area (Å²) in [7, 11) is 0. The number of hydrogen-bond donors (Lipinski definition) is 2. The molecule has 1 aromatic rings. The molecule has 0 bridgehead atoms. The lowest BCUT2D eigenvalue weighted by molar-refractivity contribution is -0.199. The maximum absolute atomic E-state index is 13.2. The molecule has 1 aliphatic carbocycles. The first kappa shape index (κ1) is 15.3. The van der Waals surface area contributed by atoms with Crippen molar-refractivity contribution in [1.29, 1.82) is 0 Å². The average molecular weight is 290 g/mol. The van der Waals surface area contributed by atoms with E-state index in [4.69, 9.17) is 5.84 Å². The molecular weight excluding hydrogens is 269 g/mol. The lowest BCUT2D eigenvalue weighted by atomic mass is 9.74. The molecule has 0 spiro atoms. The fraction of sp³-hybridized carbons (Fsp3) is 0.769. The van der Waals surface area contributed by atoms with Crippen LogP contribution in [0, 0.1) is 11.8 Å². The maximum atomic E-state index is 13.2. The Morgan fingerprint density at radius 3 is 2.75 bits per heavy atom. The van der Waals surface area contributed by atoms with E-state index >= 15 is 0 Å². The third-order valence-electron chi connectivity index (χ3n) is 4.22. The van der Waals surface area contributed by atoms with Gasteiger partial charge < -0.3 is 0 Å². The zero-order valence-electron chi connectivity index (χ0n) is 11.5. The van der Waals surface area contributed by atoms with E-state index in [9.17, 15) is 13.2 Å². The first-order valence-corrected chi connectivity index (χ1v) is 7.03. The van der Waals surface area contributed by atoms with Crippen molar-refractivity contribution < 1.29 is 13.2 Å². The fourth-order valence-corrected chi connectivity index (χ4v) is 3.26. The summed E-state index contributed by atoms with van der Waals surface area (Å²) in [6.07, 6.45) is -0.396. The van der Waals surface area contributed by atoms with Crippen LogP contribution in [0.3, 0.4) is 0 Å². The van der Waals surface area contributed by atoms with E-state index < -0.39 is 24.1 Å². The second-order valence-electron chi connectivity index (χ2n) is 5.31. The van der Waals surface area contributed by atoms with Crippen LogP contribution in [0.5, 0.6) is 0 Å². The molecule has 3 unspecified atom stereocenters. The SMILES string of the molecule is CCn1nccc1C(NN)C1CCCCC1C(F)(F)F. The van der Waals surface area contributed by atoms with Gasteiger partial charge in [0.1, 0.15) is 0 Å². The molecule has 4 nitrogen and oxygen atoms in total. The molecule has 1 heterocycles. The van der Waals surface area contributed by atoms with Crippen molar-refractivity contribution in [2.24, 2.45) is 17.7 Å². The van der Waals surface area contributed by atoms with E-state index in [1.807, 2.05) is 6.92 Å². The molecule has 0 aliphatic heterocycles. The van der Waals surface area contributed by atoms with Crippen LogP contribution in [-0.4, -0.2) is 16.0 Å². The van der Waals surface area contributed by atoms with Crippen LogP contribution in [0.2, 0.25) is 0 Å². The Morgan fingerprint density at radius 2 is 2.15 bits per heavy atom. The number of hydrazine groups is 1. The molecule has 0 amide bonds. The number of nitrogens with one attached hydrogen (secondary N) is 1. The number of nitrogens with zero attached hydrogens (tertiary/aromatic N) is 2. The van der Waals surface area contributed by atoms with Gasteiger partial charge in [-0.25, -0.2) is 0 Å². The summed E-state index contributed by atoms with van der Waals surface area (Å²) < 4.78 is 41.4. The predicted octanol–water partition coefficient (Wildman–Crippen LogP) is 2.78. The van der Waals surface area contributed by atoms with Gasteiger partial charge in [-0.1, -0.05) is 12.8 Å². The van der Waals surface area contributed by atoms with Crippen LogP contribution < -0.4 is 11.3 Å². The van der Waals surface area contributed by atoms with Gasteiger partial charge in [-0.3, -0.25) is 16.0 Å². The minimum Gasteiger partial charge on any atom is -0.271 e. The number of rotatable bonds is 4. The lowest BCUT2D eigenvalue weighted by Crippen LogP contribution is -2.43. The summed E-state index contributed by atoms with van der Waals surface area (Å²) in [5.74, 6) is 3.74. The summed E-state index contributed by atoms with van der Waals surface area (Å²) in [5.41, 5.74) is 3.32. The summed E-state index contributed by atoms with van der Waals surface area (Å²) in [6, 6.07) is 1.24. The zero-order chi connectivity index (χ0) is 14.8. The van der Waals surface area contributed by atoms with Crippen LogP contribution >= 0.6 is 0 Å². The third-order valence-corrected chi connectivity index (χ3v) is 4.22. The second kappa shape index (κ2) is 6.13. The van der Waals surface area contributed by atoms with E-state index in [1.165, 1.54) is 0 Å². The molecule has 0 saturated heterocycles. The Hall–Kier alpha value is -1.08. The third kappa shape index (κ3) is 2.98. The number of aromatic nitrogens is 2. The van der Waals surface area contributed by atoms with Gasteiger partial charge >= 0.3 is 6.18 Å². The van der Waals surface area contributed by atoms with E-state index in [0.29, 0.717) is 19.4 Å². The lowest BCUT2D eigenvalue weighted by Gasteiger charge is -2.37. The summed E-state index contributed by atoms with van der Waals surface area (Å²) >= 11 is 0. The number of hydrogen-bond acceptors (Lipinski definition) is 3. The van der Waals surface area contributed by atoms with Crippen LogP contribution in [-0.2, 0) is 6.54 Å². The van der Waals surface area contributed by atoms with Crippen molar-refractivity contribution in [3.63, 3.8) is 0 Å². The van der Waals surface area contributed by atoms with Crippen molar-refractivity contribution in [2.75, 3.05) is 0 Å². The Bertz CT molecular complexity index is 429. The van der Waals surface area contributed by atoms with Crippen molar-refractivity contribution >= 4 is 0 Å². The number of alkyl halides is 3. The van der Waals surface area contributed by atoms with Crippen LogP contribution in [0.15, 0.2) is 12.3 Å². The van der Waals surface area contributed by atoms with Gasteiger partial charge in [-0.05, 0) is 31.7 Å². The molecule has 1 aliphatic rings. The molecular formula is C13H21F3N4. The van der Waals surface area contributed by atoms with Crippen LogP contribution in [0.1, 0.15) is 44.3 Å². The quantitative estimate of drug-likeness (QED) is 0.662. The van der Waals surface area contributed by atoms with Crippen LogP contribution in [0.4, 0.5) is 13.2 Å². The first-order chi connectivity index (χ1) is 9.49. The molecule has 1 aromatic heterocycles. The van der Waals surface area contributed by atoms with E-state index in [1.54, 1.807) is 16.9 Å². The first-order valence-electron chi connectivity index (χ1n) is 7.03. The molecule has 1 fully saturated rings. The second-order valence-corrected chi connectivity index (χ2v) is 5.31. The molecule has 3 N–H and O–H groups in total. The highest BCUT2D eigenvalue weighted by atomic mass is 19.4. The minimum atomic E-state index is -4.17. The summed E-state index contributed by atoms with van der Waals surface area (Å²) in [4.78, 5) is 0. The van der Waals surface area contributed by atoms with Gasteiger partial charge in [0.25, 0.3) is 0 Å². The van der Waals surface area contributed by atoms with Gasteiger partial charge in [0, 0.05) is 12.7 Å². The smallest absolute Gasteiger partial charge is 0.271 e. The Balaban J connectivity index is 2.29. The van der Waals surface area contributed by atoms with Crippen molar-refractivity contribution in [3.05, 3.63) is 18.0 Å². The molecule has 2 rings (SSSR count). The monoisotopic (exact) mass is 290 g/mol. The van der Waals surface area contributed by atoms with E-state index in [0.717, 1.165) is 12.1 Å². The highest BCUT2D eigenvalue weighted by Crippen LogP contribution is 2.46. The standard InChI is InChI=1S/C13H21F3N4/c1-2-20-11(7-8-18-20)12(19-17)9-5-3-4-6-10(9)13(14,15)16/h7-10,12,19H,2-6,17H2,1H3. The number of nitrogens with two attached hydrogens (primary N) is 1. The minimum absolute atomic E-state index is 0.187. The fourth-order valence-electron chi connectivity index (χ4n) is 3.26. The van der Waals surface area contributed by atoms with Crippen molar-refractivity contribution in [2.45, 2.75) is 51.4 Å². The molecule has 3 atom stereocenters. The maximum Gasteiger partial charge on any atom is 0.392 e. The molecule has 0 radical (unpaired) electrons. The predicted molar refractivity (Wildman–Crippen MR) is 69.5 cm³/mol. The largest absolute Gasteiger partial charge is 0.392 e. The van der Waals surface area contributed by atoms with E-state index in [-0.39, 0.29) is 6.42 Å². The normalized spacial score (nSPS) is 25.6. The van der Waals surface area contributed by atoms with Gasteiger partial charge in [0.15, 0.2) is 0 Å². The van der Waals surface area contributed by atoms with Crippen LogP contribution in [0.25, 0.3) is 0 Å². The molecule has 7 heteroatoms. The van der Waals surface area contributed by atoms with E-state index in [2.05, 4.69) is 10.5 Å². The van der Waals surface area contributed by atoms with Gasteiger partial charge in [0.05, 0.1) is 17.7 Å². The summed E-state index contributed by atoms with van der Waals surface area (Å²) in [5, 5.41) is 4.13. The molecule has 1 saturated carbocycles. The molecule has 114 valence electrons. The molecule has 0 aromatic carbocycles. The summed E-state index contributed by atoms with van der Waals surface area (Å²) in [6.45, 7) is 2.52. The topological polar surface area (TPSA) is 55.9 Å². The highest BCUT2D eigenvalue weighted by molar-refractivity contribution is 5.10. The number of halogens is 3. The van der Waals surface area contributed by atoms with Gasteiger partial charge in [-0.15, -0.1) is 0 Å². The highest BCUT2D eigenvalue weighted by Gasteiger charge is 2.48. The number of aryl methyl sites for hydroxylation is 1. The van der Waals surface area contributed by atoms with Crippen molar-refractivity contribution in [3.8, 4) is 0 Å². The Kier molecular flexibility index (Phi) is 4.70. The Morgan fingerprint density at radius 1 is 1.45 bits per heavy atom. The Labute approximate surface area is 116 Å². The average Bonchev–Trinajstić information content (AvgIpc) is 2.87. The van der Waals surface area contributed by atoms with Crippen molar-refractivity contribution in [1.82, 2.24) is 15.2 Å². The zero-order valence-corrected chi connectivity index (χ0v) is 11.5. The molecule has 20 heavy (non-hydrogen) atoms. The van der Waals surface area contributed by atoms with Gasteiger partial charge in [-0.2, -0.15) is 18.3 Å². The van der Waals surface area contributed by atoms with Gasteiger partial charge in [0.2, 0.25) is 0 Å².